The Kier molecular flexibility index (Phi) is 4.65. The number of nitrogens with zero attached hydrogens (tertiary/aromatic N) is 6. The van der Waals surface area contributed by atoms with Crippen molar-refractivity contribution in [2.24, 2.45) is 5.92 Å². The largest absolute Gasteiger partial charge is 0.356 e. The minimum absolute atomic E-state index is 0.0202. The van der Waals surface area contributed by atoms with E-state index in [-0.39, 0.29) is 11.8 Å². The van der Waals surface area contributed by atoms with E-state index in [0.29, 0.717) is 5.13 Å². The van der Waals surface area contributed by atoms with Crippen LogP contribution >= 0.6 is 11.3 Å². The normalized spacial score (nSPS) is 15.0. The van der Waals surface area contributed by atoms with E-state index in [1.54, 1.807) is 18.9 Å². The molecule has 9 heteroatoms. The minimum Gasteiger partial charge on any atom is -0.356 e. The molecule has 4 aromatic rings. The van der Waals surface area contributed by atoms with E-state index >= 15 is 0 Å². The molecule has 0 radical (unpaired) electrons. The van der Waals surface area contributed by atoms with Gasteiger partial charge in [-0.05, 0) is 25.0 Å². The predicted molar refractivity (Wildman–Crippen MR) is 112 cm³/mol. The van der Waals surface area contributed by atoms with Crippen molar-refractivity contribution < 1.29 is 4.79 Å². The van der Waals surface area contributed by atoms with Crippen molar-refractivity contribution in [2.45, 2.75) is 12.8 Å². The molecule has 0 aliphatic carbocycles. The van der Waals surface area contributed by atoms with Crippen LogP contribution in [-0.4, -0.2) is 43.5 Å². The molecule has 0 unspecified atom stereocenters. The highest BCUT2D eigenvalue weighted by Gasteiger charge is 2.26. The first kappa shape index (κ1) is 17.7. The van der Waals surface area contributed by atoms with E-state index in [9.17, 15) is 4.79 Å². The number of hydrogen-bond acceptors (Lipinski definition) is 7. The maximum absolute atomic E-state index is 12.7. The second kappa shape index (κ2) is 7.59. The van der Waals surface area contributed by atoms with Gasteiger partial charge in [0.15, 0.2) is 5.13 Å². The third-order valence-corrected chi connectivity index (χ3v) is 6.07. The lowest BCUT2D eigenvalue weighted by atomic mass is 9.96. The number of anilines is 2. The number of aromatic nitrogens is 5. The third kappa shape index (κ3) is 3.68. The highest BCUT2D eigenvalue weighted by atomic mass is 32.1. The van der Waals surface area contributed by atoms with Gasteiger partial charge in [0.2, 0.25) is 5.91 Å². The zero-order chi connectivity index (χ0) is 19.6. The molecule has 1 aliphatic heterocycles. The number of carbonyl (C=O) groups excluding carboxylic acids is 1. The molecule has 5 rings (SSSR count). The predicted octanol–water partition coefficient (Wildman–Crippen LogP) is 3.13. The molecular weight excluding hydrogens is 386 g/mol. The number of benzene rings is 1. The van der Waals surface area contributed by atoms with Gasteiger partial charge < -0.3 is 10.2 Å². The van der Waals surface area contributed by atoms with Gasteiger partial charge in [-0.3, -0.25) is 9.36 Å². The van der Waals surface area contributed by atoms with Crippen molar-refractivity contribution >= 4 is 38.4 Å². The zero-order valence-electron chi connectivity index (χ0n) is 15.6. The van der Waals surface area contributed by atoms with Crippen LogP contribution in [0.4, 0.5) is 10.9 Å². The van der Waals surface area contributed by atoms with Gasteiger partial charge in [-0.1, -0.05) is 23.5 Å². The molecule has 4 heterocycles. The Hall–Kier alpha value is -3.33. The lowest BCUT2D eigenvalue weighted by Gasteiger charge is -2.32. The van der Waals surface area contributed by atoms with Crippen LogP contribution in [0.5, 0.6) is 0 Å². The van der Waals surface area contributed by atoms with Gasteiger partial charge in [-0.25, -0.2) is 19.9 Å². The van der Waals surface area contributed by atoms with E-state index in [4.69, 9.17) is 0 Å². The number of nitrogens with one attached hydrogen (secondary N) is 1. The van der Waals surface area contributed by atoms with Crippen molar-refractivity contribution in [2.75, 3.05) is 23.3 Å². The van der Waals surface area contributed by atoms with E-state index in [1.807, 2.05) is 41.1 Å². The molecule has 1 fully saturated rings. The summed E-state index contributed by atoms with van der Waals surface area (Å²) in [5, 5.41) is 3.66. The molecule has 8 nitrogen and oxygen atoms in total. The average molecular weight is 405 g/mol. The number of rotatable bonds is 4. The lowest BCUT2D eigenvalue weighted by Crippen LogP contribution is -2.38. The van der Waals surface area contributed by atoms with Crippen molar-refractivity contribution in [1.29, 1.82) is 0 Å². The first-order valence-corrected chi connectivity index (χ1v) is 10.3. The molecular formula is C20H19N7OS. The van der Waals surface area contributed by atoms with Gasteiger partial charge in [-0.2, -0.15) is 0 Å². The Bertz CT molecular complexity index is 1100. The highest BCUT2D eigenvalue weighted by Crippen LogP contribution is 2.28. The molecule has 1 saturated heterocycles. The number of hydrogen-bond donors (Lipinski definition) is 1. The Labute approximate surface area is 171 Å². The standard InChI is InChI=1S/C20H19N7OS/c28-19(25-20-24-15-3-1-2-4-16(15)29-20)14-5-8-26(9-6-14)17-11-18(23-12-22-17)27-10-7-21-13-27/h1-4,7,10-14H,5-6,8-9H2,(H,24,25,28). The molecule has 1 N–H and O–H groups in total. The number of thiazole rings is 1. The number of amides is 1. The monoisotopic (exact) mass is 405 g/mol. The van der Waals surface area contributed by atoms with Crippen molar-refractivity contribution in [3.63, 3.8) is 0 Å². The van der Waals surface area contributed by atoms with Gasteiger partial charge in [0, 0.05) is 37.5 Å². The van der Waals surface area contributed by atoms with Crippen molar-refractivity contribution in [3.05, 3.63) is 55.4 Å². The number of imidazole rings is 1. The zero-order valence-corrected chi connectivity index (χ0v) is 16.4. The highest BCUT2D eigenvalue weighted by molar-refractivity contribution is 7.22. The van der Waals surface area contributed by atoms with E-state index < -0.39 is 0 Å². The molecule has 3 aromatic heterocycles. The molecule has 29 heavy (non-hydrogen) atoms. The molecule has 1 aromatic carbocycles. The summed E-state index contributed by atoms with van der Waals surface area (Å²) in [4.78, 5) is 32.2. The fourth-order valence-electron chi connectivity index (χ4n) is 3.55. The summed E-state index contributed by atoms with van der Waals surface area (Å²) >= 11 is 1.51. The fourth-order valence-corrected chi connectivity index (χ4v) is 4.42. The van der Waals surface area contributed by atoms with Crippen molar-refractivity contribution in [3.8, 4) is 5.82 Å². The molecule has 0 saturated carbocycles. The second-order valence-electron chi connectivity index (χ2n) is 6.94. The Morgan fingerprint density at radius 3 is 2.76 bits per heavy atom. The third-order valence-electron chi connectivity index (χ3n) is 5.12. The van der Waals surface area contributed by atoms with Gasteiger partial charge in [-0.15, -0.1) is 0 Å². The maximum Gasteiger partial charge on any atom is 0.229 e. The number of carbonyl (C=O) groups is 1. The Balaban J connectivity index is 1.22. The minimum atomic E-state index is -0.0202. The molecule has 1 amide bonds. The topological polar surface area (TPSA) is 88.8 Å². The van der Waals surface area contributed by atoms with E-state index in [1.165, 1.54) is 11.3 Å². The van der Waals surface area contributed by atoms with Crippen LogP contribution in [0.15, 0.2) is 55.4 Å². The van der Waals surface area contributed by atoms with Crippen molar-refractivity contribution in [1.82, 2.24) is 24.5 Å². The number of fused-ring (bicyclic) bond motifs is 1. The molecule has 1 aliphatic rings. The second-order valence-corrected chi connectivity index (χ2v) is 7.97. The van der Waals surface area contributed by atoms with Crippen LogP contribution in [0, 0.1) is 5.92 Å². The van der Waals surface area contributed by atoms with Gasteiger partial charge in [0.25, 0.3) is 0 Å². The lowest BCUT2D eigenvalue weighted by molar-refractivity contribution is -0.120. The van der Waals surface area contributed by atoms with Gasteiger partial charge in [0.1, 0.15) is 24.3 Å². The molecule has 0 spiro atoms. The summed E-state index contributed by atoms with van der Waals surface area (Å²) in [6.45, 7) is 1.55. The number of piperidine rings is 1. The molecule has 0 bridgehead atoms. The van der Waals surface area contributed by atoms with Crippen LogP contribution in [0.1, 0.15) is 12.8 Å². The van der Waals surface area contributed by atoms with Crippen LogP contribution in [-0.2, 0) is 4.79 Å². The van der Waals surface area contributed by atoms with Crippen LogP contribution in [0.25, 0.3) is 16.0 Å². The summed E-state index contributed by atoms with van der Waals surface area (Å²) in [5.41, 5.74) is 0.917. The van der Waals surface area contributed by atoms with Crippen LogP contribution < -0.4 is 10.2 Å². The summed E-state index contributed by atoms with van der Waals surface area (Å²) in [7, 11) is 0. The molecule has 0 atom stereocenters. The van der Waals surface area contributed by atoms with E-state index in [0.717, 1.165) is 47.8 Å². The maximum atomic E-state index is 12.7. The smallest absolute Gasteiger partial charge is 0.229 e. The average Bonchev–Trinajstić information content (AvgIpc) is 3.43. The quantitative estimate of drug-likeness (QED) is 0.561. The van der Waals surface area contributed by atoms with Crippen LogP contribution in [0.3, 0.4) is 0 Å². The summed E-state index contributed by atoms with van der Waals surface area (Å²) in [5.74, 6) is 1.68. The Morgan fingerprint density at radius 1 is 1.14 bits per heavy atom. The van der Waals surface area contributed by atoms with Crippen LogP contribution in [0.2, 0.25) is 0 Å². The summed E-state index contributed by atoms with van der Waals surface area (Å²) in [6.07, 6.45) is 8.41. The summed E-state index contributed by atoms with van der Waals surface area (Å²) in [6, 6.07) is 9.85. The fraction of sp³-hybridized carbons (Fsp3) is 0.250. The Morgan fingerprint density at radius 2 is 1.97 bits per heavy atom. The van der Waals surface area contributed by atoms with E-state index in [2.05, 4.69) is 30.2 Å². The summed E-state index contributed by atoms with van der Waals surface area (Å²) < 4.78 is 2.93. The SMILES string of the molecule is O=C(Nc1nc2ccccc2s1)C1CCN(c2cc(-n3ccnc3)ncn2)CC1. The number of para-hydroxylation sites is 1. The van der Waals surface area contributed by atoms with Gasteiger partial charge >= 0.3 is 0 Å². The first-order valence-electron chi connectivity index (χ1n) is 9.48. The first-order chi connectivity index (χ1) is 14.3. The molecule has 146 valence electrons. The van der Waals surface area contributed by atoms with Gasteiger partial charge in [0.05, 0.1) is 10.2 Å².